The van der Waals surface area contributed by atoms with Gasteiger partial charge in [0.1, 0.15) is 6.33 Å². The van der Waals surface area contributed by atoms with Crippen LogP contribution in [0.1, 0.15) is 27.2 Å². The zero-order valence-corrected chi connectivity index (χ0v) is 9.95. The number of aromatic nitrogens is 3. The van der Waals surface area contributed by atoms with Crippen LogP contribution < -0.4 is 0 Å². The molecule has 0 aliphatic rings. The Hall–Kier alpha value is -0.950. The molecule has 0 bridgehead atoms. The lowest BCUT2D eigenvalue weighted by Crippen LogP contribution is -2.38. The van der Waals surface area contributed by atoms with Gasteiger partial charge >= 0.3 is 0 Å². The highest BCUT2D eigenvalue weighted by molar-refractivity contribution is 7.89. The largest absolute Gasteiger partial charge is 0.278 e. The van der Waals surface area contributed by atoms with Gasteiger partial charge in [-0.1, -0.05) is 6.92 Å². The van der Waals surface area contributed by atoms with Gasteiger partial charge in [-0.2, -0.15) is 9.40 Å². The maximum Gasteiger partial charge on any atom is 0.278 e. The van der Waals surface area contributed by atoms with Gasteiger partial charge in [-0.3, -0.25) is 0 Å². The van der Waals surface area contributed by atoms with Gasteiger partial charge in [0, 0.05) is 12.6 Å². The highest BCUT2D eigenvalue weighted by Gasteiger charge is 2.28. The quantitative estimate of drug-likeness (QED) is 0.807. The van der Waals surface area contributed by atoms with E-state index in [1.807, 2.05) is 20.8 Å². The summed E-state index contributed by atoms with van der Waals surface area (Å²) in [6.07, 6.45) is 1.96. The molecule has 0 aromatic carbocycles. The summed E-state index contributed by atoms with van der Waals surface area (Å²) in [7, 11) is -3.51. The Morgan fingerprint density at radius 1 is 1.53 bits per heavy atom. The van der Waals surface area contributed by atoms with Crippen LogP contribution in [0.4, 0.5) is 0 Å². The van der Waals surface area contributed by atoms with Gasteiger partial charge in [0.2, 0.25) is 0 Å². The second-order valence-electron chi connectivity index (χ2n) is 3.50. The minimum absolute atomic E-state index is 0.0833. The lowest BCUT2D eigenvalue weighted by Gasteiger charge is -2.23. The molecule has 1 rings (SSSR count). The van der Waals surface area contributed by atoms with E-state index < -0.39 is 10.0 Å². The van der Waals surface area contributed by atoms with Gasteiger partial charge in [0.15, 0.2) is 0 Å². The van der Waals surface area contributed by atoms with Crippen molar-refractivity contribution in [3.05, 3.63) is 6.33 Å². The summed E-state index contributed by atoms with van der Waals surface area (Å²) >= 11 is 0. The van der Waals surface area contributed by atoms with Crippen molar-refractivity contribution in [1.29, 1.82) is 0 Å². The highest BCUT2D eigenvalue weighted by atomic mass is 32.2. The van der Waals surface area contributed by atoms with Gasteiger partial charge in [-0.25, -0.2) is 18.5 Å². The van der Waals surface area contributed by atoms with Crippen molar-refractivity contribution in [1.82, 2.24) is 19.5 Å². The minimum Gasteiger partial charge on any atom is -0.249 e. The van der Waals surface area contributed by atoms with E-state index in [1.54, 1.807) is 0 Å². The molecule has 0 atom stereocenters. The molecular weight excluding hydrogens is 216 g/mol. The van der Waals surface area contributed by atoms with E-state index in [4.69, 9.17) is 0 Å². The first-order valence-corrected chi connectivity index (χ1v) is 6.31. The van der Waals surface area contributed by atoms with E-state index in [-0.39, 0.29) is 11.2 Å². The second kappa shape index (κ2) is 4.71. The van der Waals surface area contributed by atoms with Gasteiger partial charge in [0.05, 0.1) is 0 Å². The van der Waals surface area contributed by atoms with E-state index in [2.05, 4.69) is 15.2 Å². The van der Waals surface area contributed by atoms with E-state index in [1.165, 1.54) is 10.6 Å². The monoisotopic (exact) mass is 232 g/mol. The molecule has 0 saturated heterocycles. The molecular formula is C8H16N4O2S. The van der Waals surface area contributed by atoms with E-state index in [0.717, 1.165) is 6.42 Å². The molecule has 0 aliphatic carbocycles. The number of aromatic amines is 1. The van der Waals surface area contributed by atoms with Gasteiger partial charge in [-0.05, 0) is 20.3 Å². The van der Waals surface area contributed by atoms with Crippen molar-refractivity contribution in [2.24, 2.45) is 0 Å². The minimum atomic E-state index is -3.51. The SMILES string of the molecule is CCCN(C(C)C)S(=O)(=O)c1ncn[nH]1. The van der Waals surface area contributed by atoms with Crippen LogP contribution in [0.2, 0.25) is 0 Å². The number of H-pyrrole nitrogens is 1. The fraction of sp³-hybridized carbons (Fsp3) is 0.750. The Morgan fingerprint density at radius 3 is 2.60 bits per heavy atom. The zero-order valence-electron chi connectivity index (χ0n) is 9.14. The van der Waals surface area contributed by atoms with Crippen molar-refractivity contribution in [3.8, 4) is 0 Å². The molecule has 0 saturated carbocycles. The van der Waals surface area contributed by atoms with Gasteiger partial charge < -0.3 is 0 Å². The third-order valence-corrected chi connectivity index (χ3v) is 3.87. The van der Waals surface area contributed by atoms with Crippen LogP contribution in [0.5, 0.6) is 0 Å². The van der Waals surface area contributed by atoms with Crippen LogP contribution in [-0.2, 0) is 10.0 Å². The Kier molecular flexibility index (Phi) is 3.81. The van der Waals surface area contributed by atoms with Crippen LogP contribution in [0.3, 0.4) is 0 Å². The normalized spacial score (nSPS) is 12.6. The summed E-state index contributed by atoms with van der Waals surface area (Å²) in [4.78, 5) is 3.68. The van der Waals surface area contributed by atoms with Crippen LogP contribution in [0.25, 0.3) is 0 Å². The summed E-state index contributed by atoms with van der Waals surface area (Å²) in [5.41, 5.74) is 0. The van der Waals surface area contributed by atoms with Crippen molar-refractivity contribution >= 4 is 10.0 Å². The summed E-state index contributed by atoms with van der Waals surface area (Å²) in [5, 5.41) is 5.84. The van der Waals surface area contributed by atoms with Gasteiger partial charge in [-0.15, -0.1) is 0 Å². The van der Waals surface area contributed by atoms with Crippen molar-refractivity contribution in [2.75, 3.05) is 6.54 Å². The Morgan fingerprint density at radius 2 is 2.20 bits per heavy atom. The molecule has 15 heavy (non-hydrogen) atoms. The van der Waals surface area contributed by atoms with Crippen LogP contribution in [0, 0.1) is 0 Å². The summed E-state index contributed by atoms with van der Waals surface area (Å²) in [6.45, 7) is 6.10. The molecule has 86 valence electrons. The van der Waals surface area contributed by atoms with E-state index in [0.29, 0.717) is 6.54 Å². The standard InChI is InChI=1S/C8H16N4O2S/c1-4-5-12(7(2)3)15(13,14)8-9-6-10-11-8/h6-7H,4-5H2,1-3H3,(H,9,10,11). The first-order chi connectivity index (χ1) is 7.00. The zero-order chi connectivity index (χ0) is 11.5. The molecule has 1 aromatic heterocycles. The van der Waals surface area contributed by atoms with E-state index in [9.17, 15) is 8.42 Å². The molecule has 7 heteroatoms. The lowest BCUT2D eigenvalue weighted by atomic mass is 10.4. The molecule has 0 radical (unpaired) electrons. The number of nitrogens with one attached hydrogen (secondary N) is 1. The summed E-state index contributed by atoms with van der Waals surface area (Å²) < 4.78 is 25.4. The predicted molar refractivity (Wildman–Crippen MR) is 55.7 cm³/mol. The molecule has 1 heterocycles. The number of hydrogen-bond donors (Lipinski definition) is 1. The molecule has 0 unspecified atom stereocenters. The maximum absolute atomic E-state index is 12.0. The van der Waals surface area contributed by atoms with E-state index >= 15 is 0 Å². The molecule has 0 spiro atoms. The van der Waals surface area contributed by atoms with Gasteiger partial charge in [0.25, 0.3) is 15.2 Å². The number of nitrogens with zero attached hydrogens (tertiary/aromatic N) is 3. The van der Waals surface area contributed by atoms with Crippen molar-refractivity contribution in [2.45, 2.75) is 38.4 Å². The highest BCUT2D eigenvalue weighted by Crippen LogP contribution is 2.13. The number of hydrogen-bond acceptors (Lipinski definition) is 4. The first-order valence-electron chi connectivity index (χ1n) is 4.87. The second-order valence-corrected chi connectivity index (χ2v) is 5.31. The molecule has 1 N–H and O–H groups in total. The van der Waals surface area contributed by atoms with Crippen molar-refractivity contribution in [3.63, 3.8) is 0 Å². The van der Waals surface area contributed by atoms with Crippen LogP contribution in [-0.4, -0.2) is 40.5 Å². The molecule has 0 aliphatic heterocycles. The molecule has 0 fully saturated rings. The maximum atomic E-state index is 12.0. The number of rotatable bonds is 5. The smallest absolute Gasteiger partial charge is 0.249 e. The van der Waals surface area contributed by atoms with Crippen molar-refractivity contribution < 1.29 is 8.42 Å². The molecule has 6 nitrogen and oxygen atoms in total. The number of sulfonamides is 1. The predicted octanol–water partition coefficient (Wildman–Crippen LogP) is 0.614. The molecule has 0 amide bonds. The van der Waals surface area contributed by atoms with Crippen LogP contribution in [0.15, 0.2) is 11.5 Å². The Bertz CT molecular complexity index is 385. The third kappa shape index (κ3) is 2.54. The third-order valence-electron chi connectivity index (χ3n) is 1.97. The lowest BCUT2D eigenvalue weighted by molar-refractivity contribution is 0.351. The average Bonchev–Trinajstić information content (AvgIpc) is 2.66. The first kappa shape index (κ1) is 12.1. The Labute approximate surface area is 89.8 Å². The topological polar surface area (TPSA) is 79.0 Å². The molecule has 1 aromatic rings. The summed E-state index contributed by atoms with van der Waals surface area (Å²) in [6, 6.07) is -0.0833. The summed E-state index contributed by atoms with van der Waals surface area (Å²) in [5.74, 6) is 0. The fourth-order valence-electron chi connectivity index (χ4n) is 1.31. The van der Waals surface area contributed by atoms with Crippen LogP contribution >= 0.6 is 0 Å². The Balaban J connectivity index is 3.02. The average molecular weight is 232 g/mol. The fourth-order valence-corrected chi connectivity index (χ4v) is 2.85.